The molecule has 1 amide bonds. The van der Waals surface area contributed by atoms with E-state index in [-0.39, 0.29) is 24.1 Å². The first-order valence-electron chi connectivity index (χ1n) is 6.86. The molecule has 0 aliphatic heterocycles. The molecule has 22 heavy (non-hydrogen) atoms. The predicted octanol–water partition coefficient (Wildman–Crippen LogP) is 2.38. The largest absolute Gasteiger partial charge is 0.497 e. The highest BCUT2D eigenvalue weighted by molar-refractivity contribution is 5.96. The molecule has 0 radical (unpaired) electrons. The number of rotatable bonds is 7. The molecule has 2 aromatic rings. The number of anilines is 1. The average molecular weight is 303 g/mol. The van der Waals surface area contributed by atoms with Crippen molar-refractivity contribution < 1.29 is 18.8 Å². The molecular formula is C15H17N3O4. The molecule has 0 saturated carbocycles. The Hall–Kier alpha value is -2.70. The van der Waals surface area contributed by atoms with E-state index in [1.165, 1.54) is 0 Å². The maximum Gasteiger partial charge on any atom is 0.328 e. The van der Waals surface area contributed by atoms with Crippen molar-refractivity contribution >= 4 is 17.7 Å². The molecule has 7 nitrogen and oxygen atoms in total. The highest BCUT2D eigenvalue weighted by Gasteiger charge is 2.10. The average Bonchev–Trinajstić information content (AvgIpc) is 2.92. The minimum absolute atomic E-state index is 0.0101. The molecule has 0 aliphatic carbocycles. The number of nitrogens with zero attached hydrogens (tertiary/aromatic N) is 2. The van der Waals surface area contributed by atoms with Crippen LogP contribution in [0.2, 0.25) is 0 Å². The van der Waals surface area contributed by atoms with Crippen LogP contribution in [0.25, 0.3) is 0 Å². The number of aromatic nitrogens is 2. The van der Waals surface area contributed by atoms with Crippen LogP contribution < -0.4 is 10.1 Å². The lowest BCUT2D eigenvalue weighted by Gasteiger charge is -2.03. The van der Waals surface area contributed by atoms with Gasteiger partial charge >= 0.3 is 6.01 Å². The molecule has 0 fully saturated rings. The molecule has 0 atom stereocenters. The van der Waals surface area contributed by atoms with Crippen molar-refractivity contribution in [2.75, 3.05) is 12.4 Å². The maximum absolute atomic E-state index is 12.0. The maximum atomic E-state index is 12.0. The number of carbonyl (C=O) groups is 2. The van der Waals surface area contributed by atoms with Crippen LogP contribution in [0.3, 0.4) is 0 Å². The second kappa shape index (κ2) is 7.35. The first kappa shape index (κ1) is 15.7. The Bertz CT molecular complexity index is 649. The summed E-state index contributed by atoms with van der Waals surface area (Å²) in [5.41, 5.74) is 0.605. The number of Topliss-reactive ketones (excluding diaryl/α,β-unsaturated/α-hetero) is 1. The molecule has 0 aliphatic rings. The molecular weight excluding hydrogens is 286 g/mol. The molecule has 116 valence electrons. The summed E-state index contributed by atoms with van der Waals surface area (Å²) in [6.45, 7) is 1.66. The predicted molar refractivity (Wildman–Crippen MR) is 78.8 cm³/mol. The van der Waals surface area contributed by atoms with Gasteiger partial charge in [0.15, 0.2) is 11.6 Å². The second-order valence-electron chi connectivity index (χ2n) is 4.70. The molecule has 1 aromatic carbocycles. The van der Waals surface area contributed by atoms with Gasteiger partial charge in [0.1, 0.15) is 5.75 Å². The van der Waals surface area contributed by atoms with Gasteiger partial charge < -0.3 is 9.26 Å². The lowest BCUT2D eigenvalue weighted by Crippen LogP contribution is -2.12. The van der Waals surface area contributed by atoms with Crippen LogP contribution in [-0.2, 0) is 4.79 Å². The Kier molecular flexibility index (Phi) is 5.24. The van der Waals surface area contributed by atoms with E-state index in [1.54, 1.807) is 38.3 Å². The number of hydrogen-bond donors (Lipinski definition) is 1. The van der Waals surface area contributed by atoms with Crippen molar-refractivity contribution in [3.05, 3.63) is 35.7 Å². The molecule has 0 saturated heterocycles. The van der Waals surface area contributed by atoms with Crippen LogP contribution in [-0.4, -0.2) is 28.9 Å². The quantitative estimate of drug-likeness (QED) is 0.789. The van der Waals surface area contributed by atoms with Crippen molar-refractivity contribution in [1.29, 1.82) is 0 Å². The Balaban J connectivity index is 1.75. The van der Waals surface area contributed by atoms with E-state index in [1.807, 2.05) is 0 Å². The number of amides is 1. The summed E-state index contributed by atoms with van der Waals surface area (Å²) in [6.07, 6.45) is 0.954. The van der Waals surface area contributed by atoms with Gasteiger partial charge in [0.05, 0.1) is 7.11 Å². The number of ketones is 1. The Morgan fingerprint density at radius 2 is 1.95 bits per heavy atom. The Morgan fingerprint density at radius 1 is 1.23 bits per heavy atom. The molecule has 7 heteroatoms. The van der Waals surface area contributed by atoms with Gasteiger partial charge in [-0.1, -0.05) is 5.16 Å². The van der Waals surface area contributed by atoms with Crippen LogP contribution in [0.15, 0.2) is 28.8 Å². The van der Waals surface area contributed by atoms with Crippen LogP contribution in [0.5, 0.6) is 5.75 Å². The van der Waals surface area contributed by atoms with E-state index in [0.29, 0.717) is 30.0 Å². The zero-order valence-corrected chi connectivity index (χ0v) is 12.5. The van der Waals surface area contributed by atoms with Gasteiger partial charge in [0.25, 0.3) is 0 Å². The molecule has 0 spiro atoms. The Morgan fingerprint density at radius 3 is 2.55 bits per heavy atom. The van der Waals surface area contributed by atoms with Crippen molar-refractivity contribution in [1.82, 2.24) is 10.1 Å². The third-order valence-corrected chi connectivity index (χ3v) is 2.99. The van der Waals surface area contributed by atoms with Gasteiger partial charge in [-0.2, -0.15) is 4.98 Å². The first-order chi connectivity index (χ1) is 10.6. The minimum Gasteiger partial charge on any atom is -0.497 e. The van der Waals surface area contributed by atoms with Gasteiger partial charge in [0.2, 0.25) is 5.91 Å². The van der Waals surface area contributed by atoms with E-state index in [2.05, 4.69) is 15.5 Å². The summed E-state index contributed by atoms with van der Waals surface area (Å²) in [5, 5.41) is 6.05. The molecule has 0 bridgehead atoms. The first-order valence-corrected chi connectivity index (χ1v) is 6.86. The zero-order chi connectivity index (χ0) is 15.9. The standard InChI is InChI=1S/C15H17N3O4/c1-10-16-15(22-18-10)17-14(20)5-3-4-13(19)11-6-8-12(21-2)9-7-11/h6-9H,3-5H2,1-2H3,(H,16,17,18,20). The van der Waals surface area contributed by atoms with E-state index in [0.717, 1.165) is 0 Å². The molecule has 1 heterocycles. The second-order valence-corrected chi connectivity index (χ2v) is 4.70. The number of carbonyl (C=O) groups excluding carboxylic acids is 2. The smallest absolute Gasteiger partial charge is 0.328 e. The summed E-state index contributed by atoms with van der Waals surface area (Å²) in [4.78, 5) is 27.5. The van der Waals surface area contributed by atoms with E-state index in [4.69, 9.17) is 9.26 Å². The lowest BCUT2D eigenvalue weighted by molar-refractivity contribution is -0.116. The molecule has 2 rings (SSSR count). The molecule has 1 N–H and O–H groups in total. The van der Waals surface area contributed by atoms with Crippen molar-refractivity contribution in [2.24, 2.45) is 0 Å². The topological polar surface area (TPSA) is 94.3 Å². The van der Waals surface area contributed by atoms with Crippen LogP contribution in [0, 0.1) is 6.92 Å². The van der Waals surface area contributed by atoms with Gasteiger partial charge in [-0.15, -0.1) is 0 Å². The van der Waals surface area contributed by atoms with Gasteiger partial charge in [-0.25, -0.2) is 0 Å². The fraction of sp³-hybridized carbons (Fsp3) is 0.333. The monoisotopic (exact) mass is 303 g/mol. The summed E-state index contributed by atoms with van der Waals surface area (Å²) >= 11 is 0. The van der Waals surface area contributed by atoms with E-state index < -0.39 is 0 Å². The summed E-state index contributed by atoms with van der Waals surface area (Å²) in [7, 11) is 1.57. The highest BCUT2D eigenvalue weighted by Crippen LogP contribution is 2.14. The van der Waals surface area contributed by atoms with Crippen molar-refractivity contribution in [3.8, 4) is 5.75 Å². The SMILES string of the molecule is COc1ccc(C(=O)CCCC(=O)Nc2nc(C)no2)cc1. The number of hydrogen-bond acceptors (Lipinski definition) is 6. The van der Waals surface area contributed by atoms with Crippen molar-refractivity contribution in [3.63, 3.8) is 0 Å². The summed E-state index contributed by atoms with van der Waals surface area (Å²) < 4.78 is 9.82. The van der Waals surface area contributed by atoms with E-state index in [9.17, 15) is 9.59 Å². The number of nitrogens with one attached hydrogen (secondary N) is 1. The Labute approximate surface area is 127 Å². The van der Waals surface area contributed by atoms with Crippen LogP contribution >= 0.6 is 0 Å². The normalized spacial score (nSPS) is 10.3. The molecule has 1 aromatic heterocycles. The van der Waals surface area contributed by atoms with Gasteiger partial charge in [0, 0.05) is 18.4 Å². The summed E-state index contributed by atoms with van der Waals surface area (Å²) in [6, 6.07) is 6.96. The molecule has 0 unspecified atom stereocenters. The fourth-order valence-corrected chi connectivity index (χ4v) is 1.86. The zero-order valence-electron chi connectivity index (χ0n) is 12.5. The fourth-order valence-electron chi connectivity index (χ4n) is 1.86. The third kappa shape index (κ3) is 4.41. The minimum atomic E-state index is -0.258. The van der Waals surface area contributed by atoms with Crippen LogP contribution in [0.1, 0.15) is 35.4 Å². The number of methoxy groups -OCH3 is 1. The van der Waals surface area contributed by atoms with Crippen LogP contribution in [0.4, 0.5) is 6.01 Å². The number of ether oxygens (including phenoxy) is 1. The lowest BCUT2D eigenvalue weighted by atomic mass is 10.1. The number of benzene rings is 1. The van der Waals surface area contributed by atoms with Crippen molar-refractivity contribution in [2.45, 2.75) is 26.2 Å². The van der Waals surface area contributed by atoms with E-state index >= 15 is 0 Å². The van der Waals surface area contributed by atoms with Gasteiger partial charge in [-0.3, -0.25) is 14.9 Å². The number of aryl methyl sites for hydroxylation is 1. The summed E-state index contributed by atoms with van der Waals surface area (Å²) in [5.74, 6) is 0.881. The third-order valence-electron chi connectivity index (χ3n) is 2.99. The van der Waals surface area contributed by atoms with Gasteiger partial charge in [-0.05, 0) is 37.6 Å². The highest BCUT2D eigenvalue weighted by atomic mass is 16.5.